The Morgan fingerprint density at radius 2 is 0.632 bits per heavy atom. The smallest absolute Gasteiger partial charge is 0.306 e. The number of rotatable bonds is 54. The summed E-state index contributed by atoms with van der Waals surface area (Å²) in [6, 6.07) is 0. The lowest BCUT2D eigenvalue weighted by molar-refractivity contribution is -0.161. The number of aliphatic hydroxyl groups excluding tert-OH is 1. The number of esters is 2. The van der Waals surface area contributed by atoms with Gasteiger partial charge in [0.25, 0.3) is 0 Å². The van der Waals surface area contributed by atoms with Gasteiger partial charge in [0, 0.05) is 12.8 Å². The summed E-state index contributed by atoms with van der Waals surface area (Å²) >= 11 is 0. The van der Waals surface area contributed by atoms with E-state index >= 15 is 0 Å². The van der Waals surface area contributed by atoms with Crippen molar-refractivity contribution in [2.45, 2.75) is 302 Å². The first-order valence-electron chi connectivity index (χ1n) is 29.5. The molecule has 0 aliphatic heterocycles. The van der Waals surface area contributed by atoms with Crippen molar-refractivity contribution in [3.63, 3.8) is 0 Å². The van der Waals surface area contributed by atoms with Gasteiger partial charge in [-0.3, -0.25) is 9.59 Å². The zero-order valence-electron chi connectivity index (χ0n) is 45.1. The Kier molecular flexibility index (Phi) is 56.4. The molecule has 0 saturated heterocycles. The fourth-order valence-corrected chi connectivity index (χ4v) is 8.58. The highest BCUT2D eigenvalue weighted by molar-refractivity contribution is 5.70. The van der Waals surface area contributed by atoms with Crippen molar-refractivity contribution in [3.05, 3.63) is 72.9 Å². The SMILES string of the molecule is CC/C=C\C/C=C\C/C=C\C/C=C\CCCCCCCCCCCCCCCCCCCCCCCCCCC(=O)OC(CO)COC(=O)CCCCCCCCC/C=C\C/C=C\CCCCC. The van der Waals surface area contributed by atoms with E-state index in [1.807, 2.05) is 0 Å². The molecule has 394 valence electrons. The van der Waals surface area contributed by atoms with Gasteiger partial charge in [-0.1, -0.05) is 273 Å². The molecule has 1 N–H and O–H groups in total. The second-order valence-electron chi connectivity index (χ2n) is 19.7. The minimum atomic E-state index is -0.775. The van der Waals surface area contributed by atoms with Gasteiger partial charge in [-0.2, -0.15) is 0 Å². The van der Waals surface area contributed by atoms with Gasteiger partial charge in [-0.15, -0.1) is 0 Å². The standard InChI is InChI=1S/C63H112O5/c1-3-5-7-9-11-13-15-17-19-21-22-23-24-25-26-27-28-29-30-31-32-33-34-35-36-37-38-39-40-42-44-46-48-50-52-54-56-58-63(66)68-61(59-64)60-67-62(65)57-55-53-51-49-47-45-43-41-20-18-16-14-12-10-8-6-4-2/h5,7,11-14,17-20,22-23,61,64H,3-4,6,8-10,15-16,21,24-60H2,1-2H3/b7-5-,13-11-,14-12-,19-17-,20-18-,23-22-. The number of allylic oxidation sites excluding steroid dienone is 12. The van der Waals surface area contributed by atoms with Crippen LogP contribution in [0.3, 0.4) is 0 Å². The number of hydrogen-bond acceptors (Lipinski definition) is 5. The van der Waals surface area contributed by atoms with Gasteiger partial charge in [0.05, 0.1) is 6.61 Å². The van der Waals surface area contributed by atoms with Crippen LogP contribution in [0.25, 0.3) is 0 Å². The summed E-state index contributed by atoms with van der Waals surface area (Å²) in [6.45, 7) is 4.02. The molecule has 0 aromatic heterocycles. The summed E-state index contributed by atoms with van der Waals surface area (Å²) in [5.74, 6) is -0.588. The van der Waals surface area contributed by atoms with Crippen molar-refractivity contribution >= 4 is 11.9 Å². The van der Waals surface area contributed by atoms with E-state index in [4.69, 9.17) is 9.47 Å². The summed E-state index contributed by atoms with van der Waals surface area (Å²) < 4.78 is 10.7. The number of carbonyl (C=O) groups is 2. The van der Waals surface area contributed by atoms with Crippen molar-refractivity contribution in [2.24, 2.45) is 0 Å². The number of carbonyl (C=O) groups excluding carboxylic acids is 2. The van der Waals surface area contributed by atoms with E-state index in [0.717, 1.165) is 77.0 Å². The van der Waals surface area contributed by atoms with E-state index < -0.39 is 6.10 Å². The molecule has 1 atom stereocenters. The molecule has 0 bridgehead atoms. The van der Waals surface area contributed by atoms with Crippen molar-refractivity contribution < 1.29 is 24.2 Å². The Morgan fingerprint density at radius 1 is 0.353 bits per heavy atom. The molecule has 0 saturated carbocycles. The molecular formula is C63H112O5. The molecular weight excluding hydrogens is 837 g/mol. The van der Waals surface area contributed by atoms with E-state index in [2.05, 4.69) is 86.8 Å². The molecule has 0 amide bonds. The third kappa shape index (κ3) is 55.9. The lowest BCUT2D eigenvalue weighted by atomic mass is 10.0. The zero-order valence-corrected chi connectivity index (χ0v) is 45.1. The fraction of sp³-hybridized carbons (Fsp3) is 0.778. The van der Waals surface area contributed by atoms with Gasteiger partial charge in [-0.05, 0) is 83.5 Å². The van der Waals surface area contributed by atoms with Gasteiger partial charge >= 0.3 is 11.9 Å². The Morgan fingerprint density at radius 3 is 0.956 bits per heavy atom. The first kappa shape index (κ1) is 65.3. The van der Waals surface area contributed by atoms with Crippen LogP contribution < -0.4 is 0 Å². The zero-order chi connectivity index (χ0) is 49.2. The number of ether oxygens (including phenoxy) is 2. The maximum absolute atomic E-state index is 12.3. The molecule has 0 heterocycles. The first-order valence-corrected chi connectivity index (χ1v) is 29.5. The van der Waals surface area contributed by atoms with Crippen LogP contribution in [-0.2, 0) is 19.1 Å². The number of unbranched alkanes of at least 4 members (excludes halogenated alkanes) is 34. The lowest BCUT2D eigenvalue weighted by Gasteiger charge is -2.15. The summed E-state index contributed by atoms with van der Waals surface area (Å²) in [7, 11) is 0. The maximum Gasteiger partial charge on any atom is 0.306 e. The van der Waals surface area contributed by atoms with Crippen molar-refractivity contribution in [2.75, 3.05) is 13.2 Å². The third-order valence-corrected chi connectivity index (χ3v) is 13.0. The maximum atomic E-state index is 12.3. The molecule has 1 unspecified atom stereocenters. The highest BCUT2D eigenvalue weighted by Gasteiger charge is 2.16. The normalized spacial score (nSPS) is 12.7. The predicted octanol–water partition coefficient (Wildman–Crippen LogP) is 20.0. The first-order chi connectivity index (χ1) is 33.6. The topological polar surface area (TPSA) is 72.8 Å². The monoisotopic (exact) mass is 949 g/mol. The molecule has 0 fully saturated rings. The van der Waals surface area contributed by atoms with Crippen molar-refractivity contribution in [1.82, 2.24) is 0 Å². The molecule has 0 aliphatic carbocycles. The highest BCUT2D eigenvalue weighted by Crippen LogP contribution is 2.17. The van der Waals surface area contributed by atoms with E-state index in [9.17, 15) is 14.7 Å². The molecule has 5 heteroatoms. The Balaban J connectivity index is 3.41. The Hall–Kier alpha value is -2.66. The summed E-state index contributed by atoms with van der Waals surface area (Å²) in [6.07, 6.45) is 80.4. The second kappa shape index (κ2) is 58.7. The van der Waals surface area contributed by atoms with Crippen LogP contribution in [0, 0.1) is 0 Å². The molecule has 0 aromatic carbocycles. The van der Waals surface area contributed by atoms with Crippen LogP contribution in [0.1, 0.15) is 296 Å². The van der Waals surface area contributed by atoms with Gasteiger partial charge in [-0.25, -0.2) is 0 Å². The van der Waals surface area contributed by atoms with E-state index in [-0.39, 0.29) is 25.2 Å². The molecule has 5 nitrogen and oxygen atoms in total. The highest BCUT2D eigenvalue weighted by atomic mass is 16.6. The molecule has 0 spiro atoms. The van der Waals surface area contributed by atoms with Gasteiger partial charge < -0.3 is 14.6 Å². The van der Waals surface area contributed by atoms with Crippen LogP contribution in [0.2, 0.25) is 0 Å². The average Bonchev–Trinajstić information content (AvgIpc) is 3.34. The largest absolute Gasteiger partial charge is 0.462 e. The second-order valence-corrected chi connectivity index (χ2v) is 19.7. The lowest BCUT2D eigenvalue weighted by Crippen LogP contribution is -2.28. The van der Waals surface area contributed by atoms with E-state index in [0.29, 0.717) is 12.8 Å². The quantitative estimate of drug-likeness (QED) is 0.0374. The van der Waals surface area contributed by atoms with Crippen LogP contribution in [-0.4, -0.2) is 36.4 Å². The predicted molar refractivity (Wildman–Crippen MR) is 297 cm³/mol. The van der Waals surface area contributed by atoms with Crippen molar-refractivity contribution in [1.29, 1.82) is 0 Å². The number of aliphatic hydroxyl groups is 1. The fourth-order valence-electron chi connectivity index (χ4n) is 8.58. The molecule has 0 rings (SSSR count). The van der Waals surface area contributed by atoms with Crippen LogP contribution in [0.4, 0.5) is 0 Å². The third-order valence-electron chi connectivity index (χ3n) is 13.0. The summed E-state index contributed by atoms with van der Waals surface area (Å²) in [5, 5.41) is 9.65. The molecule has 0 aliphatic rings. The van der Waals surface area contributed by atoms with Gasteiger partial charge in [0.1, 0.15) is 6.61 Å². The molecule has 0 radical (unpaired) electrons. The van der Waals surface area contributed by atoms with Gasteiger partial charge in [0.2, 0.25) is 0 Å². The van der Waals surface area contributed by atoms with E-state index in [1.165, 1.54) is 193 Å². The average molecular weight is 950 g/mol. The Bertz CT molecular complexity index is 1210. The van der Waals surface area contributed by atoms with Crippen LogP contribution in [0.15, 0.2) is 72.9 Å². The summed E-state index contributed by atoms with van der Waals surface area (Å²) in [5.41, 5.74) is 0. The van der Waals surface area contributed by atoms with Gasteiger partial charge in [0.15, 0.2) is 6.10 Å². The minimum Gasteiger partial charge on any atom is -0.462 e. The Labute approximate surface area is 423 Å². The number of hydrogen-bond donors (Lipinski definition) is 1. The molecule has 0 aromatic rings. The van der Waals surface area contributed by atoms with Crippen molar-refractivity contribution in [3.8, 4) is 0 Å². The minimum absolute atomic E-state index is 0.0682. The summed E-state index contributed by atoms with van der Waals surface area (Å²) in [4.78, 5) is 24.5. The van der Waals surface area contributed by atoms with E-state index in [1.54, 1.807) is 0 Å². The molecule has 68 heavy (non-hydrogen) atoms. The van der Waals surface area contributed by atoms with Crippen LogP contribution in [0.5, 0.6) is 0 Å². The van der Waals surface area contributed by atoms with Crippen LogP contribution >= 0.6 is 0 Å².